The Labute approximate surface area is 107 Å². The Morgan fingerprint density at radius 3 is 2.89 bits per heavy atom. The van der Waals surface area contributed by atoms with E-state index in [9.17, 15) is 0 Å². The van der Waals surface area contributed by atoms with Crippen molar-refractivity contribution in [2.75, 3.05) is 18.5 Å². The molecule has 2 heterocycles. The number of hydrogen-bond donors (Lipinski definition) is 1. The van der Waals surface area contributed by atoms with Crippen molar-refractivity contribution in [1.82, 2.24) is 9.97 Å². The van der Waals surface area contributed by atoms with Crippen LogP contribution in [0.15, 0.2) is 42.6 Å². The van der Waals surface area contributed by atoms with Crippen molar-refractivity contribution >= 4 is 5.82 Å². The highest BCUT2D eigenvalue weighted by Crippen LogP contribution is 2.11. The minimum atomic E-state index is 0.629. The molecule has 2 aromatic rings. The molecule has 0 saturated carbocycles. The molecule has 0 radical (unpaired) electrons. The van der Waals surface area contributed by atoms with Crippen LogP contribution in [-0.2, 0) is 6.42 Å². The number of ether oxygens (including phenoxy) is 1. The Kier molecular flexibility index (Phi) is 4.53. The van der Waals surface area contributed by atoms with Crippen molar-refractivity contribution < 1.29 is 4.74 Å². The zero-order chi connectivity index (χ0) is 12.6. The summed E-state index contributed by atoms with van der Waals surface area (Å²) in [5.41, 5.74) is 1.07. The van der Waals surface area contributed by atoms with Gasteiger partial charge in [0.1, 0.15) is 5.82 Å². The Morgan fingerprint density at radius 2 is 2.11 bits per heavy atom. The van der Waals surface area contributed by atoms with Crippen LogP contribution in [0.3, 0.4) is 0 Å². The lowest BCUT2D eigenvalue weighted by atomic mass is 10.3. The van der Waals surface area contributed by atoms with Gasteiger partial charge in [-0.1, -0.05) is 12.1 Å². The van der Waals surface area contributed by atoms with Gasteiger partial charge in [-0.3, -0.25) is 4.98 Å². The minimum Gasteiger partial charge on any atom is -0.478 e. The second-order valence-electron chi connectivity index (χ2n) is 3.79. The lowest BCUT2D eigenvalue weighted by Gasteiger charge is -2.07. The summed E-state index contributed by atoms with van der Waals surface area (Å²) in [5.74, 6) is 1.48. The molecule has 1 N–H and O–H groups in total. The third-order valence-electron chi connectivity index (χ3n) is 2.43. The van der Waals surface area contributed by atoms with E-state index in [1.54, 1.807) is 0 Å². The zero-order valence-electron chi connectivity index (χ0n) is 10.5. The van der Waals surface area contributed by atoms with Crippen molar-refractivity contribution in [3.63, 3.8) is 0 Å². The Balaban J connectivity index is 1.84. The molecule has 0 fully saturated rings. The molecule has 0 saturated heterocycles. The summed E-state index contributed by atoms with van der Waals surface area (Å²) in [6, 6.07) is 11.7. The molecule has 0 spiro atoms. The number of pyridine rings is 2. The smallest absolute Gasteiger partial charge is 0.215 e. The molecule has 0 atom stereocenters. The number of rotatable bonds is 6. The molecule has 0 bridgehead atoms. The van der Waals surface area contributed by atoms with E-state index in [0.717, 1.165) is 24.5 Å². The van der Waals surface area contributed by atoms with E-state index in [4.69, 9.17) is 4.74 Å². The summed E-state index contributed by atoms with van der Waals surface area (Å²) in [6.07, 6.45) is 2.69. The number of anilines is 1. The average Bonchev–Trinajstić information content (AvgIpc) is 2.41. The molecular weight excluding hydrogens is 226 g/mol. The van der Waals surface area contributed by atoms with Gasteiger partial charge < -0.3 is 10.1 Å². The molecule has 2 rings (SSSR count). The summed E-state index contributed by atoms with van der Waals surface area (Å²) >= 11 is 0. The number of nitrogens with one attached hydrogen (secondary N) is 1. The van der Waals surface area contributed by atoms with Gasteiger partial charge in [0.2, 0.25) is 5.88 Å². The fraction of sp³-hybridized carbons (Fsp3) is 0.286. The van der Waals surface area contributed by atoms with E-state index in [1.807, 2.05) is 49.5 Å². The quantitative estimate of drug-likeness (QED) is 0.847. The van der Waals surface area contributed by atoms with Crippen LogP contribution in [0, 0.1) is 0 Å². The summed E-state index contributed by atoms with van der Waals surface area (Å²) < 4.78 is 5.35. The monoisotopic (exact) mass is 243 g/mol. The molecule has 0 aliphatic rings. The third kappa shape index (κ3) is 3.73. The molecule has 0 aliphatic heterocycles. The molecule has 0 amide bonds. The fourth-order valence-corrected chi connectivity index (χ4v) is 1.61. The van der Waals surface area contributed by atoms with Gasteiger partial charge in [0.25, 0.3) is 0 Å². The van der Waals surface area contributed by atoms with Crippen LogP contribution in [-0.4, -0.2) is 23.1 Å². The van der Waals surface area contributed by atoms with Crippen LogP contribution in [0.4, 0.5) is 5.82 Å². The largest absolute Gasteiger partial charge is 0.478 e. The molecule has 0 unspecified atom stereocenters. The second kappa shape index (κ2) is 6.59. The maximum atomic E-state index is 5.35. The molecule has 18 heavy (non-hydrogen) atoms. The van der Waals surface area contributed by atoms with E-state index in [-0.39, 0.29) is 0 Å². The van der Waals surface area contributed by atoms with Crippen LogP contribution < -0.4 is 10.1 Å². The predicted octanol–water partition coefficient (Wildman–Crippen LogP) is 2.53. The van der Waals surface area contributed by atoms with Gasteiger partial charge in [0.05, 0.1) is 6.61 Å². The van der Waals surface area contributed by atoms with Gasteiger partial charge in [-0.25, -0.2) is 0 Å². The Bertz CT molecular complexity index is 473. The van der Waals surface area contributed by atoms with Gasteiger partial charge in [0, 0.05) is 30.9 Å². The summed E-state index contributed by atoms with van der Waals surface area (Å²) in [5, 5.41) is 3.26. The molecule has 4 nitrogen and oxygen atoms in total. The van der Waals surface area contributed by atoms with Gasteiger partial charge in [0.15, 0.2) is 0 Å². The minimum absolute atomic E-state index is 0.629. The first kappa shape index (κ1) is 12.4. The highest BCUT2D eigenvalue weighted by atomic mass is 16.5. The molecule has 0 aliphatic carbocycles. The van der Waals surface area contributed by atoms with Crippen LogP contribution in [0.2, 0.25) is 0 Å². The molecule has 94 valence electrons. The normalized spacial score (nSPS) is 10.1. The molecule has 4 heteroatoms. The highest BCUT2D eigenvalue weighted by molar-refractivity contribution is 5.37. The maximum absolute atomic E-state index is 5.35. The van der Waals surface area contributed by atoms with E-state index >= 15 is 0 Å². The molecule has 0 aromatic carbocycles. The first-order valence-electron chi connectivity index (χ1n) is 6.12. The summed E-state index contributed by atoms with van der Waals surface area (Å²) in [7, 11) is 0. The number of aromatic nitrogens is 2. The fourth-order valence-electron chi connectivity index (χ4n) is 1.61. The zero-order valence-corrected chi connectivity index (χ0v) is 10.5. The second-order valence-corrected chi connectivity index (χ2v) is 3.79. The van der Waals surface area contributed by atoms with Crippen LogP contribution in [0.5, 0.6) is 5.88 Å². The van der Waals surface area contributed by atoms with Crippen LogP contribution in [0.25, 0.3) is 0 Å². The van der Waals surface area contributed by atoms with Gasteiger partial charge >= 0.3 is 0 Å². The number of nitrogens with zero attached hydrogens (tertiary/aromatic N) is 2. The van der Waals surface area contributed by atoms with E-state index in [0.29, 0.717) is 12.5 Å². The van der Waals surface area contributed by atoms with Crippen molar-refractivity contribution in [2.24, 2.45) is 0 Å². The highest BCUT2D eigenvalue weighted by Gasteiger charge is 1.98. The average molecular weight is 243 g/mol. The van der Waals surface area contributed by atoms with E-state index in [2.05, 4.69) is 15.3 Å². The van der Waals surface area contributed by atoms with Gasteiger partial charge in [-0.15, -0.1) is 0 Å². The van der Waals surface area contributed by atoms with Crippen molar-refractivity contribution in [3.8, 4) is 5.88 Å². The Hall–Kier alpha value is -2.10. The predicted molar refractivity (Wildman–Crippen MR) is 71.8 cm³/mol. The first-order chi connectivity index (χ1) is 8.88. The van der Waals surface area contributed by atoms with Crippen molar-refractivity contribution in [2.45, 2.75) is 13.3 Å². The van der Waals surface area contributed by atoms with Gasteiger partial charge in [-0.05, 0) is 25.1 Å². The summed E-state index contributed by atoms with van der Waals surface area (Å²) in [4.78, 5) is 8.61. The van der Waals surface area contributed by atoms with Crippen LogP contribution in [0.1, 0.15) is 12.6 Å². The lowest BCUT2D eigenvalue weighted by Crippen LogP contribution is -2.07. The summed E-state index contributed by atoms with van der Waals surface area (Å²) in [6.45, 7) is 3.38. The number of hydrogen-bond acceptors (Lipinski definition) is 4. The van der Waals surface area contributed by atoms with E-state index in [1.165, 1.54) is 0 Å². The maximum Gasteiger partial charge on any atom is 0.215 e. The lowest BCUT2D eigenvalue weighted by molar-refractivity contribution is 0.327. The third-order valence-corrected chi connectivity index (χ3v) is 2.43. The van der Waals surface area contributed by atoms with E-state index < -0.39 is 0 Å². The standard InChI is InChI=1S/C14H17N3O/c1-2-18-14-8-5-7-13(17-14)16-11-9-12-6-3-4-10-15-12/h3-8,10H,2,9,11H2,1H3,(H,16,17). The Morgan fingerprint density at radius 1 is 1.17 bits per heavy atom. The molecular formula is C14H17N3O. The van der Waals surface area contributed by atoms with Crippen LogP contribution >= 0.6 is 0 Å². The van der Waals surface area contributed by atoms with Crippen molar-refractivity contribution in [3.05, 3.63) is 48.3 Å². The topological polar surface area (TPSA) is 47.0 Å². The SMILES string of the molecule is CCOc1cccc(NCCc2ccccn2)n1. The van der Waals surface area contributed by atoms with Gasteiger partial charge in [-0.2, -0.15) is 4.98 Å². The first-order valence-corrected chi connectivity index (χ1v) is 6.12. The van der Waals surface area contributed by atoms with Crippen molar-refractivity contribution in [1.29, 1.82) is 0 Å². The molecule has 2 aromatic heterocycles.